The number of hydrogen-bond acceptors (Lipinski definition) is 2. The number of carbonyl (C=O) groups is 1. The molecule has 0 unspecified atom stereocenters. The van der Waals surface area contributed by atoms with Gasteiger partial charge in [0.2, 0.25) is 0 Å². The maximum Gasteiger partial charge on any atom is 0.345 e. The fourth-order valence-electron chi connectivity index (χ4n) is 0.400. The Morgan fingerprint density at radius 2 is 2.09 bits per heavy atom. The van der Waals surface area contributed by atoms with Crippen LogP contribution in [0.1, 0.15) is 28.9 Å². The zero-order valence-electron chi connectivity index (χ0n) is 6.12. The van der Waals surface area contributed by atoms with E-state index in [1.807, 2.05) is 0 Å². The summed E-state index contributed by atoms with van der Waals surface area (Å²) in [6, 6.07) is 3.29. The van der Waals surface area contributed by atoms with Gasteiger partial charge in [0.15, 0.2) is 0 Å². The molecular weight excluding hydrogens is 160 g/mol. The summed E-state index contributed by atoms with van der Waals surface area (Å²) in [6.07, 6.45) is 4.50. The minimum absolute atomic E-state index is 0.394. The minimum atomic E-state index is -0.847. The van der Waals surface area contributed by atoms with E-state index in [9.17, 15) is 4.79 Å². The van der Waals surface area contributed by atoms with Crippen LogP contribution in [-0.2, 0) is 0 Å². The molecule has 0 saturated heterocycles. The minimum Gasteiger partial charge on any atom is -0.477 e. The Kier molecular flexibility index (Phi) is 3.11. The van der Waals surface area contributed by atoms with Gasteiger partial charge in [-0.2, -0.15) is 0 Å². The van der Waals surface area contributed by atoms with Gasteiger partial charge in [0.25, 0.3) is 0 Å². The third kappa shape index (κ3) is 3.78. The number of hydrogen-bond donors (Lipinski definition) is 1. The van der Waals surface area contributed by atoms with Crippen molar-refractivity contribution in [1.29, 1.82) is 0 Å². The van der Waals surface area contributed by atoms with E-state index >= 15 is 0 Å². The average Bonchev–Trinajstić information content (AvgIpc) is 2.74. The van der Waals surface area contributed by atoms with E-state index in [-0.39, 0.29) is 0 Å². The SMILES string of the molecule is C1CC1.O=C(O)c1cccs1. The molecule has 1 aliphatic rings. The number of carboxylic acids is 1. The fourth-order valence-corrected chi connectivity index (χ4v) is 0.962. The Hall–Kier alpha value is -0.830. The summed E-state index contributed by atoms with van der Waals surface area (Å²) in [4.78, 5) is 10.5. The summed E-state index contributed by atoms with van der Waals surface area (Å²) < 4.78 is 0. The van der Waals surface area contributed by atoms with E-state index in [4.69, 9.17) is 5.11 Å². The highest BCUT2D eigenvalue weighted by atomic mass is 32.1. The van der Waals surface area contributed by atoms with Crippen LogP contribution in [0.25, 0.3) is 0 Å². The first-order valence-electron chi connectivity index (χ1n) is 3.57. The average molecular weight is 170 g/mol. The quantitative estimate of drug-likeness (QED) is 0.703. The van der Waals surface area contributed by atoms with Gasteiger partial charge in [0.05, 0.1) is 0 Å². The molecule has 11 heavy (non-hydrogen) atoms. The van der Waals surface area contributed by atoms with Gasteiger partial charge in [0, 0.05) is 0 Å². The van der Waals surface area contributed by atoms with Crippen LogP contribution >= 0.6 is 11.3 Å². The van der Waals surface area contributed by atoms with Crippen molar-refractivity contribution >= 4 is 17.3 Å². The summed E-state index contributed by atoms with van der Waals surface area (Å²) in [7, 11) is 0. The van der Waals surface area contributed by atoms with Crippen molar-refractivity contribution in [1.82, 2.24) is 0 Å². The first-order chi connectivity index (χ1) is 5.30. The first kappa shape index (κ1) is 8.27. The van der Waals surface area contributed by atoms with Crippen LogP contribution in [-0.4, -0.2) is 11.1 Å². The largest absolute Gasteiger partial charge is 0.477 e. The van der Waals surface area contributed by atoms with Crippen molar-refractivity contribution in [3.63, 3.8) is 0 Å². The van der Waals surface area contributed by atoms with E-state index in [0.29, 0.717) is 4.88 Å². The predicted molar refractivity (Wildman–Crippen MR) is 45.1 cm³/mol. The van der Waals surface area contributed by atoms with Gasteiger partial charge in [-0.15, -0.1) is 11.3 Å². The molecule has 1 aromatic heterocycles. The van der Waals surface area contributed by atoms with Crippen LogP contribution in [0, 0.1) is 0 Å². The molecule has 2 nitrogen and oxygen atoms in total. The molecule has 0 amide bonds. The summed E-state index contributed by atoms with van der Waals surface area (Å²) in [6.45, 7) is 0. The molecule has 0 spiro atoms. The zero-order valence-corrected chi connectivity index (χ0v) is 6.93. The summed E-state index contributed by atoms with van der Waals surface area (Å²) >= 11 is 1.23. The van der Waals surface area contributed by atoms with Gasteiger partial charge >= 0.3 is 5.97 Å². The third-order valence-corrected chi connectivity index (χ3v) is 1.94. The maximum atomic E-state index is 10.1. The fraction of sp³-hybridized carbons (Fsp3) is 0.375. The third-order valence-electron chi connectivity index (χ3n) is 1.09. The molecule has 0 radical (unpaired) electrons. The van der Waals surface area contributed by atoms with Gasteiger partial charge in [0.1, 0.15) is 4.88 Å². The van der Waals surface area contributed by atoms with Gasteiger partial charge in [-0.25, -0.2) is 4.79 Å². The second-order valence-electron chi connectivity index (χ2n) is 2.34. The van der Waals surface area contributed by atoms with Crippen molar-refractivity contribution in [3.05, 3.63) is 22.4 Å². The number of rotatable bonds is 1. The van der Waals surface area contributed by atoms with Crippen LogP contribution in [0.3, 0.4) is 0 Å². The molecular formula is C8H10O2S. The standard InChI is InChI=1S/C5H4O2S.C3H6/c6-5(7)4-2-1-3-8-4;1-2-3-1/h1-3H,(H,6,7);1-3H2. The molecule has 2 rings (SSSR count). The van der Waals surface area contributed by atoms with Crippen LogP contribution < -0.4 is 0 Å². The highest BCUT2D eigenvalue weighted by Gasteiger charge is 1.99. The monoisotopic (exact) mass is 170 g/mol. The second kappa shape index (κ2) is 4.13. The molecule has 1 aromatic rings. The Morgan fingerprint density at radius 1 is 1.45 bits per heavy atom. The van der Waals surface area contributed by atoms with Crippen LogP contribution in [0.2, 0.25) is 0 Å². The van der Waals surface area contributed by atoms with Crippen molar-refractivity contribution in [2.75, 3.05) is 0 Å². The molecule has 60 valence electrons. The summed E-state index contributed by atoms with van der Waals surface area (Å²) in [5.74, 6) is -0.847. The van der Waals surface area contributed by atoms with Gasteiger partial charge in [-0.05, 0) is 11.4 Å². The van der Waals surface area contributed by atoms with E-state index in [1.165, 1.54) is 30.6 Å². The Morgan fingerprint density at radius 3 is 2.27 bits per heavy atom. The summed E-state index contributed by atoms with van der Waals surface area (Å²) in [5, 5.41) is 10.0. The van der Waals surface area contributed by atoms with E-state index in [0.717, 1.165) is 0 Å². The lowest BCUT2D eigenvalue weighted by Gasteiger charge is -1.78. The van der Waals surface area contributed by atoms with Gasteiger partial charge < -0.3 is 5.11 Å². The van der Waals surface area contributed by atoms with Gasteiger partial charge in [-0.3, -0.25) is 0 Å². The maximum absolute atomic E-state index is 10.1. The Bertz CT molecular complexity index is 211. The lowest BCUT2D eigenvalue weighted by atomic mass is 10.5. The molecule has 0 bridgehead atoms. The number of thiophene rings is 1. The lowest BCUT2D eigenvalue weighted by molar-refractivity contribution is 0.0702. The molecule has 1 saturated carbocycles. The van der Waals surface area contributed by atoms with Crippen LogP contribution in [0.5, 0.6) is 0 Å². The van der Waals surface area contributed by atoms with Crippen molar-refractivity contribution in [3.8, 4) is 0 Å². The number of carboxylic acid groups (broad SMARTS) is 1. The molecule has 1 fully saturated rings. The predicted octanol–water partition coefficient (Wildman–Crippen LogP) is 2.62. The molecule has 3 heteroatoms. The number of aromatic carboxylic acids is 1. The Labute approximate surface area is 69.5 Å². The molecule has 1 heterocycles. The van der Waals surface area contributed by atoms with Crippen molar-refractivity contribution < 1.29 is 9.90 Å². The first-order valence-corrected chi connectivity index (χ1v) is 4.45. The smallest absolute Gasteiger partial charge is 0.345 e. The van der Waals surface area contributed by atoms with Crippen molar-refractivity contribution in [2.45, 2.75) is 19.3 Å². The van der Waals surface area contributed by atoms with Crippen molar-refractivity contribution in [2.24, 2.45) is 0 Å². The van der Waals surface area contributed by atoms with Crippen LogP contribution in [0.15, 0.2) is 17.5 Å². The van der Waals surface area contributed by atoms with E-state index < -0.39 is 5.97 Å². The Balaban J connectivity index is 0.000000167. The topological polar surface area (TPSA) is 37.3 Å². The second-order valence-corrected chi connectivity index (χ2v) is 3.29. The normalized spacial score (nSPS) is 13.1. The molecule has 1 N–H and O–H groups in total. The highest BCUT2D eigenvalue weighted by molar-refractivity contribution is 7.11. The molecule has 1 aliphatic carbocycles. The molecule has 0 aromatic carbocycles. The lowest BCUT2D eigenvalue weighted by Crippen LogP contribution is -1.89. The molecule has 0 aliphatic heterocycles. The van der Waals surface area contributed by atoms with E-state index in [1.54, 1.807) is 17.5 Å². The summed E-state index contributed by atoms with van der Waals surface area (Å²) in [5.41, 5.74) is 0. The zero-order chi connectivity index (χ0) is 8.10. The highest BCUT2D eigenvalue weighted by Crippen LogP contribution is 2.14. The van der Waals surface area contributed by atoms with E-state index in [2.05, 4.69) is 0 Å². The molecule has 0 atom stereocenters. The van der Waals surface area contributed by atoms with Crippen LogP contribution in [0.4, 0.5) is 0 Å². The van der Waals surface area contributed by atoms with Gasteiger partial charge in [-0.1, -0.05) is 25.3 Å².